The van der Waals surface area contributed by atoms with Gasteiger partial charge in [0.15, 0.2) is 0 Å². The third-order valence-corrected chi connectivity index (χ3v) is 3.36. The lowest BCUT2D eigenvalue weighted by Crippen LogP contribution is -2.37. The molecular weight excluding hydrogens is 254 g/mol. The highest BCUT2D eigenvalue weighted by Gasteiger charge is 2.20. The van der Waals surface area contributed by atoms with Crippen LogP contribution in [0.25, 0.3) is 0 Å². The van der Waals surface area contributed by atoms with Crippen molar-refractivity contribution in [1.29, 1.82) is 0 Å². The van der Waals surface area contributed by atoms with Crippen molar-refractivity contribution >= 4 is 5.91 Å². The fourth-order valence-electron chi connectivity index (χ4n) is 2.30. The zero-order valence-electron chi connectivity index (χ0n) is 12.2. The minimum absolute atomic E-state index is 0.0729. The number of rotatable bonds is 5. The summed E-state index contributed by atoms with van der Waals surface area (Å²) in [5.74, 6) is 0.862. The smallest absolute Gasteiger partial charge is 0.223 e. The number of hydrogen-bond acceptors (Lipinski definition) is 4. The van der Waals surface area contributed by atoms with E-state index in [2.05, 4.69) is 15.6 Å². The van der Waals surface area contributed by atoms with E-state index in [1.165, 1.54) is 0 Å². The lowest BCUT2D eigenvalue weighted by atomic mass is 9.97. The maximum absolute atomic E-state index is 12.1. The average Bonchev–Trinajstić information content (AvgIpc) is 2.46. The van der Waals surface area contributed by atoms with E-state index in [0.29, 0.717) is 12.4 Å². The first-order valence-corrected chi connectivity index (χ1v) is 7.26. The highest BCUT2D eigenvalue weighted by atomic mass is 16.5. The van der Waals surface area contributed by atoms with Gasteiger partial charge in [0, 0.05) is 24.2 Å². The normalized spacial score (nSPS) is 16.1. The van der Waals surface area contributed by atoms with Crippen LogP contribution >= 0.6 is 0 Å². The van der Waals surface area contributed by atoms with Crippen molar-refractivity contribution in [3.05, 3.63) is 23.9 Å². The molecule has 1 saturated heterocycles. The summed E-state index contributed by atoms with van der Waals surface area (Å²) in [7, 11) is 0. The van der Waals surface area contributed by atoms with Crippen molar-refractivity contribution in [2.45, 2.75) is 39.3 Å². The minimum atomic E-state index is 0.0729. The molecule has 0 unspecified atom stereocenters. The third-order valence-electron chi connectivity index (χ3n) is 3.36. The van der Waals surface area contributed by atoms with Crippen LogP contribution in [0.15, 0.2) is 18.3 Å². The highest BCUT2D eigenvalue weighted by molar-refractivity contribution is 5.78. The van der Waals surface area contributed by atoms with Gasteiger partial charge in [-0.05, 0) is 45.8 Å². The molecule has 1 aliphatic rings. The number of ether oxygens (including phenoxy) is 1. The number of carbonyl (C=O) groups is 1. The van der Waals surface area contributed by atoms with E-state index in [9.17, 15) is 4.79 Å². The summed E-state index contributed by atoms with van der Waals surface area (Å²) in [5, 5.41) is 6.26. The van der Waals surface area contributed by atoms with Crippen molar-refractivity contribution in [3.63, 3.8) is 0 Å². The first kappa shape index (κ1) is 14.8. The van der Waals surface area contributed by atoms with Gasteiger partial charge >= 0.3 is 0 Å². The van der Waals surface area contributed by atoms with Crippen LogP contribution in [0, 0.1) is 5.92 Å². The summed E-state index contributed by atoms with van der Waals surface area (Å²) in [6.45, 7) is 6.25. The van der Waals surface area contributed by atoms with Crippen molar-refractivity contribution in [2.75, 3.05) is 13.1 Å². The van der Waals surface area contributed by atoms with Gasteiger partial charge in [0.2, 0.25) is 11.8 Å². The monoisotopic (exact) mass is 277 g/mol. The van der Waals surface area contributed by atoms with Crippen LogP contribution in [0.4, 0.5) is 0 Å². The van der Waals surface area contributed by atoms with Crippen LogP contribution in [0.3, 0.4) is 0 Å². The molecule has 2 heterocycles. The Labute approximate surface area is 120 Å². The molecule has 1 aliphatic heterocycles. The Morgan fingerprint density at radius 2 is 2.25 bits per heavy atom. The SMILES string of the molecule is CC(C)Oc1ncccc1CNC(=O)C1CCNCC1. The van der Waals surface area contributed by atoms with E-state index in [1.54, 1.807) is 6.20 Å². The summed E-state index contributed by atoms with van der Waals surface area (Å²) in [6, 6.07) is 3.80. The second kappa shape index (κ2) is 7.24. The second-order valence-electron chi connectivity index (χ2n) is 5.38. The molecule has 110 valence electrons. The number of amides is 1. The molecule has 0 aliphatic carbocycles. The molecule has 1 aromatic heterocycles. The zero-order valence-corrected chi connectivity index (χ0v) is 12.2. The van der Waals surface area contributed by atoms with E-state index in [4.69, 9.17) is 4.74 Å². The predicted octanol–water partition coefficient (Wildman–Crippen LogP) is 1.48. The quantitative estimate of drug-likeness (QED) is 0.856. The number of hydrogen-bond donors (Lipinski definition) is 2. The molecule has 1 aromatic rings. The molecule has 5 nitrogen and oxygen atoms in total. The average molecular weight is 277 g/mol. The Bertz CT molecular complexity index is 442. The Morgan fingerprint density at radius 3 is 2.95 bits per heavy atom. The zero-order chi connectivity index (χ0) is 14.4. The fourth-order valence-corrected chi connectivity index (χ4v) is 2.30. The lowest BCUT2D eigenvalue weighted by molar-refractivity contribution is -0.125. The van der Waals surface area contributed by atoms with Gasteiger partial charge in [0.25, 0.3) is 0 Å². The van der Waals surface area contributed by atoms with Crippen LogP contribution in [0.2, 0.25) is 0 Å². The van der Waals surface area contributed by atoms with Crippen LogP contribution in [-0.2, 0) is 11.3 Å². The van der Waals surface area contributed by atoms with E-state index >= 15 is 0 Å². The van der Waals surface area contributed by atoms with Gasteiger partial charge in [-0.1, -0.05) is 6.07 Å². The molecule has 1 amide bonds. The molecule has 5 heteroatoms. The topological polar surface area (TPSA) is 63.2 Å². The van der Waals surface area contributed by atoms with Gasteiger partial charge in [-0.25, -0.2) is 4.98 Å². The Kier molecular flexibility index (Phi) is 5.35. The highest BCUT2D eigenvalue weighted by Crippen LogP contribution is 2.17. The number of aromatic nitrogens is 1. The predicted molar refractivity (Wildman–Crippen MR) is 77.4 cm³/mol. The van der Waals surface area contributed by atoms with Crippen molar-refractivity contribution in [1.82, 2.24) is 15.6 Å². The van der Waals surface area contributed by atoms with Crippen LogP contribution in [0.5, 0.6) is 5.88 Å². The van der Waals surface area contributed by atoms with Crippen LogP contribution < -0.4 is 15.4 Å². The largest absolute Gasteiger partial charge is 0.475 e. The number of nitrogens with zero attached hydrogens (tertiary/aromatic N) is 1. The first-order valence-electron chi connectivity index (χ1n) is 7.26. The summed E-state index contributed by atoms with van der Waals surface area (Å²) >= 11 is 0. The third kappa shape index (κ3) is 4.20. The van der Waals surface area contributed by atoms with Gasteiger partial charge in [-0.3, -0.25) is 4.79 Å². The molecular formula is C15H23N3O2. The van der Waals surface area contributed by atoms with Gasteiger partial charge in [0.05, 0.1) is 6.10 Å². The molecule has 0 bridgehead atoms. The van der Waals surface area contributed by atoms with E-state index in [1.807, 2.05) is 26.0 Å². The van der Waals surface area contributed by atoms with Crippen LogP contribution in [0.1, 0.15) is 32.3 Å². The molecule has 0 aromatic carbocycles. The lowest BCUT2D eigenvalue weighted by Gasteiger charge is -2.22. The molecule has 0 spiro atoms. The number of carbonyl (C=O) groups excluding carboxylic acids is 1. The molecule has 0 radical (unpaired) electrons. The van der Waals surface area contributed by atoms with E-state index < -0.39 is 0 Å². The van der Waals surface area contributed by atoms with Crippen molar-refractivity contribution < 1.29 is 9.53 Å². The number of nitrogens with one attached hydrogen (secondary N) is 2. The van der Waals surface area contributed by atoms with Crippen LogP contribution in [-0.4, -0.2) is 30.1 Å². The van der Waals surface area contributed by atoms with Gasteiger partial charge in [-0.15, -0.1) is 0 Å². The molecule has 1 fully saturated rings. The number of piperidine rings is 1. The molecule has 2 N–H and O–H groups in total. The standard InChI is InChI=1S/C15H23N3O2/c1-11(2)20-15-13(4-3-7-17-15)10-18-14(19)12-5-8-16-9-6-12/h3-4,7,11-12,16H,5-6,8-10H2,1-2H3,(H,18,19). The van der Waals surface area contributed by atoms with Crippen molar-refractivity contribution in [3.8, 4) is 5.88 Å². The second-order valence-corrected chi connectivity index (χ2v) is 5.38. The number of pyridine rings is 1. The van der Waals surface area contributed by atoms with Gasteiger partial charge in [0.1, 0.15) is 0 Å². The minimum Gasteiger partial charge on any atom is -0.475 e. The maximum atomic E-state index is 12.1. The summed E-state index contributed by atoms with van der Waals surface area (Å²) in [5.41, 5.74) is 0.920. The maximum Gasteiger partial charge on any atom is 0.223 e. The Hall–Kier alpha value is -1.62. The Balaban J connectivity index is 1.91. The van der Waals surface area contributed by atoms with Gasteiger partial charge in [-0.2, -0.15) is 0 Å². The molecule has 2 rings (SSSR count). The molecule has 20 heavy (non-hydrogen) atoms. The summed E-state index contributed by atoms with van der Waals surface area (Å²) in [4.78, 5) is 16.3. The Morgan fingerprint density at radius 1 is 1.50 bits per heavy atom. The molecule has 0 saturated carbocycles. The van der Waals surface area contributed by atoms with E-state index in [-0.39, 0.29) is 17.9 Å². The fraction of sp³-hybridized carbons (Fsp3) is 0.600. The molecule has 0 atom stereocenters. The van der Waals surface area contributed by atoms with Crippen molar-refractivity contribution in [2.24, 2.45) is 5.92 Å². The summed E-state index contributed by atoms with van der Waals surface area (Å²) < 4.78 is 5.65. The van der Waals surface area contributed by atoms with E-state index in [0.717, 1.165) is 31.5 Å². The summed E-state index contributed by atoms with van der Waals surface area (Å²) in [6.07, 6.45) is 3.60. The van der Waals surface area contributed by atoms with Gasteiger partial charge < -0.3 is 15.4 Å². The first-order chi connectivity index (χ1) is 9.66.